The molecule has 0 bridgehead atoms. The number of aliphatic hydroxyl groups excluding tert-OH is 1. The second-order valence-electron chi connectivity index (χ2n) is 3.45. The van der Waals surface area contributed by atoms with Crippen molar-refractivity contribution in [3.05, 3.63) is 12.2 Å². The number of hydrogen-bond acceptors (Lipinski definition) is 4. The first kappa shape index (κ1) is 11.2. The minimum absolute atomic E-state index is 0.258. The van der Waals surface area contributed by atoms with Crippen molar-refractivity contribution in [2.45, 2.75) is 25.5 Å². The maximum absolute atomic E-state index is 11.3. The van der Waals surface area contributed by atoms with Gasteiger partial charge in [-0.1, -0.05) is 12.2 Å². The summed E-state index contributed by atoms with van der Waals surface area (Å²) < 4.78 is 4.68. The van der Waals surface area contributed by atoms with Crippen LogP contribution in [-0.4, -0.2) is 48.3 Å². The van der Waals surface area contributed by atoms with Crippen LogP contribution in [0.4, 0.5) is 0 Å². The summed E-state index contributed by atoms with van der Waals surface area (Å²) in [5, 5.41) is 9.44. The van der Waals surface area contributed by atoms with Gasteiger partial charge in [0.1, 0.15) is 6.04 Å². The van der Waals surface area contributed by atoms with E-state index in [0.717, 1.165) is 0 Å². The smallest absolute Gasteiger partial charge is 0.323 e. The second-order valence-corrected chi connectivity index (χ2v) is 3.45. The van der Waals surface area contributed by atoms with E-state index >= 15 is 0 Å². The monoisotopic (exact) mass is 199 g/mol. The zero-order valence-corrected chi connectivity index (χ0v) is 8.64. The van der Waals surface area contributed by atoms with Gasteiger partial charge in [0.2, 0.25) is 0 Å². The van der Waals surface area contributed by atoms with Gasteiger partial charge in [-0.2, -0.15) is 0 Å². The van der Waals surface area contributed by atoms with Gasteiger partial charge < -0.3 is 9.84 Å². The fourth-order valence-electron chi connectivity index (χ4n) is 1.70. The van der Waals surface area contributed by atoms with Gasteiger partial charge in [0, 0.05) is 19.5 Å². The van der Waals surface area contributed by atoms with Gasteiger partial charge in [0.05, 0.1) is 13.2 Å². The summed E-state index contributed by atoms with van der Waals surface area (Å²) in [6, 6.07) is -0.286. The maximum atomic E-state index is 11.3. The van der Waals surface area contributed by atoms with Crippen molar-refractivity contribution >= 4 is 5.97 Å². The summed E-state index contributed by atoms with van der Waals surface area (Å²) in [6.07, 6.45) is 3.96. The number of nitrogens with zero attached hydrogens (tertiary/aromatic N) is 1. The Morgan fingerprint density at radius 3 is 3.00 bits per heavy atom. The van der Waals surface area contributed by atoms with Crippen LogP contribution >= 0.6 is 0 Å². The molecule has 0 radical (unpaired) electrons. The van der Waals surface area contributed by atoms with Crippen LogP contribution in [0.3, 0.4) is 0 Å². The normalized spacial score (nSPS) is 28.5. The highest BCUT2D eigenvalue weighted by atomic mass is 16.5. The third-order valence-corrected chi connectivity index (χ3v) is 2.43. The molecule has 0 aliphatic carbocycles. The number of allylic oxidation sites excluding steroid dienone is 1. The van der Waals surface area contributed by atoms with Crippen LogP contribution in [0.1, 0.15) is 13.3 Å². The lowest BCUT2D eigenvalue weighted by atomic mass is 10.2. The van der Waals surface area contributed by atoms with Crippen LogP contribution < -0.4 is 0 Å². The van der Waals surface area contributed by atoms with E-state index in [1.807, 2.05) is 24.0 Å². The van der Waals surface area contributed by atoms with Gasteiger partial charge in [-0.05, 0) is 6.92 Å². The number of rotatable bonds is 3. The standard InChI is InChI=1S/C10H17NO3/c1-3-4-5-11-7-8(12)6-9(11)10(13)14-2/h3-4,8-9,12H,5-7H2,1-2H3/b4-3+. The predicted octanol–water partition coefficient (Wildman–Crippen LogP) is 0.171. The molecule has 1 N–H and O–H groups in total. The van der Waals surface area contributed by atoms with E-state index in [9.17, 15) is 9.90 Å². The molecule has 1 aliphatic heterocycles. The molecule has 4 nitrogen and oxygen atoms in total. The van der Waals surface area contributed by atoms with Crippen molar-refractivity contribution in [3.63, 3.8) is 0 Å². The number of carbonyl (C=O) groups is 1. The number of aliphatic hydroxyl groups is 1. The summed E-state index contributed by atoms with van der Waals surface area (Å²) in [5.74, 6) is -0.258. The molecular formula is C10H17NO3. The number of methoxy groups -OCH3 is 1. The Morgan fingerprint density at radius 1 is 1.71 bits per heavy atom. The highest BCUT2D eigenvalue weighted by Gasteiger charge is 2.35. The van der Waals surface area contributed by atoms with Crippen LogP contribution in [0.15, 0.2) is 12.2 Å². The average molecular weight is 199 g/mol. The number of ether oxygens (including phenoxy) is 1. The fourth-order valence-corrected chi connectivity index (χ4v) is 1.70. The lowest BCUT2D eigenvalue weighted by molar-refractivity contribution is -0.145. The molecule has 0 aromatic rings. The number of hydrogen-bond donors (Lipinski definition) is 1. The molecule has 0 amide bonds. The topological polar surface area (TPSA) is 49.8 Å². The Kier molecular flexibility index (Phi) is 4.10. The first-order chi connectivity index (χ1) is 6.69. The summed E-state index contributed by atoms with van der Waals surface area (Å²) >= 11 is 0. The Bertz CT molecular complexity index is 227. The highest BCUT2D eigenvalue weighted by Crippen LogP contribution is 2.18. The van der Waals surface area contributed by atoms with Gasteiger partial charge >= 0.3 is 5.97 Å². The Balaban J connectivity index is 2.57. The number of esters is 1. The summed E-state index contributed by atoms with van der Waals surface area (Å²) in [4.78, 5) is 13.3. The van der Waals surface area contributed by atoms with Gasteiger partial charge in [0.15, 0.2) is 0 Å². The van der Waals surface area contributed by atoms with E-state index in [1.54, 1.807) is 0 Å². The van der Waals surface area contributed by atoms with Crippen molar-refractivity contribution < 1.29 is 14.6 Å². The lowest BCUT2D eigenvalue weighted by Gasteiger charge is -2.19. The second kappa shape index (κ2) is 5.12. The van der Waals surface area contributed by atoms with E-state index in [-0.39, 0.29) is 12.0 Å². The Hall–Kier alpha value is -0.870. The van der Waals surface area contributed by atoms with E-state index in [4.69, 9.17) is 0 Å². The molecule has 0 aromatic carbocycles. The van der Waals surface area contributed by atoms with Crippen molar-refractivity contribution in [1.29, 1.82) is 0 Å². The fraction of sp³-hybridized carbons (Fsp3) is 0.700. The Morgan fingerprint density at radius 2 is 2.43 bits per heavy atom. The molecule has 0 spiro atoms. The number of likely N-dealkylation sites (tertiary alicyclic amines) is 1. The molecule has 1 rings (SSSR count). The van der Waals surface area contributed by atoms with Crippen molar-refractivity contribution in [2.24, 2.45) is 0 Å². The maximum Gasteiger partial charge on any atom is 0.323 e. The molecular weight excluding hydrogens is 182 g/mol. The van der Waals surface area contributed by atoms with Crippen LogP contribution in [-0.2, 0) is 9.53 Å². The quantitative estimate of drug-likeness (QED) is 0.520. The molecule has 2 unspecified atom stereocenters. The van der Waals surface area contributed by atoms with Gasteiger partial charge in [-0.3, -0.25) is 9.69 Å². The summed E-state index contributed by atoms with van der Waals surface area (Å²) in [6.45, 7) is 3.16. The van der Waals surface area contributed by atoms with Crippen LogP contribution in [0.2, 0.25) is 0 Å². The highest BCUT2D eigenvalue weighted by molar-refractivity contribution is 5.76. The number of β-amino-alcohol motifs (C(OH)–C–C–N with tert-alkyl or cyclic N) is 1. The van der Waals surface area contributed by atoms with Gasteiger partial charge in [0.25, 0.3) is 0 Å². The minimum atomic E-state index is -0.413. The van der Waals surface area contributed by atoms with Crippen LogP contribution in [0.5, 0.6) is 0 Å². The first-order valence-electron chi connectivity index (χ1n) is 4.80. The molecule has 2 atom stereocenters. The molecule has 4 heteroatoms. The molecule has 80 valence electrons. The van der Waals surface area contributed by atoms with Gasteiger partial charge in [-0.15, -0.1) is 0 Å². The molecule has 1 aliphatic rings. The van der Waals surface area contributed by atoms with E-state index in [1.165, 1.54) is 7.11 Å². The van der Waals surface area contributed by atoms with Crippen molar-refractivity contribution in [2.75, 3.05) is 20.2 Å². The van der Waals surface area contributed by atoms with E-state index in [0.29, 0.717) is 19.5 Å². The third-order valence-electron chi connectivity index (χ3n) is 2.43. The summed E-state index contributed by atoms with van der Waals surface area (Å²) in [5.41, 5.74) is 0. The van der Waals surface area contributed by atoms with Crippen LogP contribution in [0, 0.1) is 0 Å². The van der Waals surface area contributed by atoms with Crippen molar-refractivity contribution in [1.82, 2.24) is 4.90 Å². The first-order valence-corrected chi connectivity index (χ1v) is 4.80. The summed E-state index contributed by atoms with van der Waals surface area (Å²) in [7, 11) is 1.38. The Labute approximate surface area is 84.2 Å². The van der Waals surface area contributed by atoms with Gasteiger partial charge in [-0.25, -0.2) is 0 Å². The zero-order valence-electron chi connectivity index (χ0n) is 8.64. The zero-order chi connectivity index (χ0) is 10.6. The minimum Gasteiger partial charge on any atom is -0.468 e. The van der Waals surface area contributed by atoms with Crippen LogP contribution in [0.25, 0.3) is 0 Å². The molecule has 14 heavy (non-hydrogen) atoms. The van der Waals surface area contributed by atoms with Crippen molar-refractivity contribution in [3.8, 4) is 0 Å². The predicted molar refractivity (Wildman–Crippen MR) is 52.8 cm³/mol. The molecule has 1 heterocycles. The average Bonchev–Trinajstić information content (AvgIpc) is 2.55. The molecule has 0 saturated carbocycles. The molecule has 1 fully saturated rings. The van der Waals surface area contributed by atoms with E-state index < -0.39 is 6.10 Å². The molecule has 0 aromatic heterocycles. The number of carbonyl (C=O) groups excluding carboxylic acids is 1. The third kappa shape index (κ3) is 2.56. The SMILES string of the molecule is C/C=C/CN1CC(O)CC1C(=O)OC. The molecule has 1 saturated heterocycles. The largest absolute Gasteiger partial charge is 0.468 e. The lowest BCUT2D eigenvalue weighted by Crippen LogP contribution is -2.36. The van der Waals surface area contributed by atoms with E-state index in [2.05, 4.69) is 4.74 Å².